The van der Waals surface area contributed by atoms with Gasteiger partial charge in [-0.2, -0.15) is 0 Å². The van der Waals surface area contributed by atoms with Gasteiger partial charge in [0.25, 0.3) is 0 Å². The van der Waals surface area contributed by atoms with E-state index >= 15 is 0 Å². The summed E-state index contributed by atoms with van der Waals surface area (Å²) in [5, 5.41) is 18.7. The summed E-state index contributed by atoms with van der Waals surface area (Å²) in [5.41, 5.74) is 0.801. The minimum Gasteiger partial charge on any atom is -0.394 e. The van der Waals surface area contributed by atoms with E-state index in [4.69, 9.17) is 9.84 Å². The van der Waals surface area contributed by atoms with Crippen LogP contribution in [-0.4, -0.2) is 29.0 Å². The lowest BCUT2D eigenvalue weighted by Crippen LogP contribution is -2.35. The molecular weight excluding hydrogens is 228 g/mol. The third-order valence-electron chi connectivity index (χ3n) is 3.27. The average molecular weight is 252 g/mol. The Kier molecular flexibility index (Phi) is 5.79. The van der Waals surface area contributed by atoms with Crippen molar-refractivity contribution in [3.63, 3.8) is 0 Å². The third-order valence-corrected chi connectivity index (χ3v) is 3.27. The Morgan fingerprint density at radius 2 is 1.83 bits per heavy atom. The molecule has 0 bridgehead atoms. The van der Waals surface area contributed by atoms with Crippen molar-refractivity contribution in [1.29, 1.82) is 0 Å². The Bertz CT molecular complexity index is 335. The summed E-state index contributed by atoms with van der Waals surface area (Å²) in [6.07, 6.45) is 0.0448. The first-order valence-corrected chi connectivity index (χ1v) is 6.40. The van der Waals surface area contributed by atoms with Crippen LogP contribution in [-0.2, 0) is 11.3 Å². The molecule has 1 rings (SSSR count). The average Bonchev–Trinajstić information content (AvgIpc) is 2.36. The Hall–Kier alpha value is -0.900. The van der Waals surface area contributed by atoms with Gasteiger partial charge in [0.05, 0.1) is 25.4 Å². The van der Waals surface area contributed by atoms with Crippen molar-refractivity contribution >= 4 is 0 Å². The summed E-state index contributed by atoms with van der Waals surface area (Å²) in [5.74, 6) is 0. The Morgan fingerprint density at radius 3 is 2.39 bits per heavy atom. The lowest BCUT2D eigenvalue weighted by molar-refractivity contribution is -0.0412. The van der Waals surface area contributed by atoms with Gasteiger partial charge in [0.1, 0.15) is 0 Å². The van der Waals surface area contributed by atoms with Crippen LogP contribution < -0.4 is 0 Å². The molecule has 1 aromatic rings. The number of hydrogen-bond donors (Lipinski definition) is 2. The van der Waals surface area contributed by atoms with Gasteiger partial charge in [-0.1, -0.05) is 44.2 Å². The topological polar surface area (TPSA) is 49.7 Å². The van der Waals surface area contributed by atoms with Gasteiger partial charge in [-0.25, -0.2) is 0 Å². The molecule has 1 aromatic carbocycles. The molecular formula is C15H24O3. The number of benzene rings is 1. The lowest BCUT2D eigenvalue weighted by atomic mass is 9.81. The lowest BCUT2D eigenvalue weighted by Gasteiger charge is -2.31. The monoisotopic (exact) mass is 252 g/mol. The number of aliphatic hydroxyl groups is 2. The summed E-state index contributed by atoms with van der Waals surface area (Å²) in [6.45, 7) is 6.24. The SMILES string of the molecule is CC(CC(C)(C)C(O)CO)OCc1ccccc1. The van der Waals surface area contributed by atoms with Gasteiger partial charge in [-0.05, 0) is 24.3 Å². The molecule has 2 unspecified atom stereocenters. The molecule has 3 nitrogen and oxygen atoms in total. The van der Waals surface area contributed by atoms with Crippen molar-refractivity contribution in [2.75, 3.05) is 6.61 Å². The van der Waals surface area contributed by atoms with E-state index in [0.29, 0.717) is 13.0 Å². The molecule has 0 fully saturated rings. The Labute approximate surface area is 109 Å². The van der Waals surface area contributed by atoms with E-state index in [2.05, 4.69) is 0 Å². The van der Waals surface area contributed by atoms with Crippen LogP contribution in [0.5, 0.6) is 0 Å². The van der Waals surface area contributed by atoms with Crippen LogP contribution in [0.1, 0.15) is 32.8 Å². The Morgan fingerprint density at radius 1 is 1.22 bits per heavy atom. The molecule has 0 saturated heterocycles. The molecule has 0 aliphatic heterocycles. The van der Waals surface area contributed by atoms with Gasteiger partial charge >= 0.3 is 0 Å². The fourth-order valence-corrected chi connectivity index (χ4v) is 2.00. The molecule has 0 radical (unpaired) electrons. The summed E-state index contributed by atoms with van der Waals surface area (Å²) in [6, 6.07) is 10.0. The molecule has 2 N–H and O–H groups in total. The molecule has 3 heteroatoms. The predicted octanol–water partition coefficient (Wildman–Crippen LogP) is 2.36. The maximum Gasteiger partial charge on any atom is 0.0822 e. The van der Waals surface area contributed by atoms with Gasteiger partial charge < -0.3 is 14.9 Å². The Balaban J connectivity index is 2.40. The maximum atomic E-state index is 9.71. The standard InChI is InChI=1S/C15H24O3/c1-12(9-15(2,3)14(17)10-16)18-11-13-7-5-4-6-8-13/h4-8,12,14,16-17H,9-11H2,1-3H3. The normalized spacial score (nSPS) is 15.4. The molecule has 2 atom stereocenters. The van der Waals surface area contributed by atoms with Crippen LogP contribution in [0.25, 0.3) is 0 Å². The largest absolute Gasteiger partial charge is 0.394 e. The summed E-state index contributed by atoms with van der Waals surface area (Å²) < 4.78 is 5.77. The second-order valence-electron chi connectivity index (χ2n) is 5.50. The van der Waals surface area contributed by atoms with Crippen molar-refractivity contribution in [3.8, 4) is 0 Å². The first kappa shape index (κ1) is 15.2. The van der Waals surface area contributed by atoms with Crippen LogP contribution >= 0.6 is 0 Å². The first-order valence-electron chi connectivity index (χ1n) is 6.40. The number of hydrogen-bond acceptors (Lipinski definition) is 3. The minimum absolute atomic E-state index is 0.0430. The molecule has 0 heterocycles. The molecule has 0 aliphatic rings. The highest BCUT2D eigenvalue weighted by atomic mass is 16.5. The van der Waals surface area contributed by atoms with E-state index in [-0.39, 0.29) is 18.1 Å². The minimum atomic E-state index is -0.708. The molecule has 0 aliphatic carbocycles. The van der Waals surface area contributed by atoms with Gasteiger partial charge in [-0.3, -0.25) is 0 Å². The first-order chi connectivity index (χ1) is 8.45. The van der Waals surface area contributed by atoms with Gasteiger partial charge in [0, 0.05) is 0 Å². The highest BCUT2D eigenvalue weighted by Gasteiger charge is 2.29. The van der Waals surface area contributed by atoms with Gasteiger partial charge in [-0.15, -0.1) is 0 Å². The van der Waals surface area contributed by atoms with Crippen LogP contribution in [0.4, 0.5) is 0 Å². The molecule has 18 heavy (non-hydrogen) atoms. The van der Waals surface area contributed by atoms with Crippen molar-refractivity contribution in [3.05, 3.63) is 35.9 Å². The highest BCUT2D eigenvalue weighted by Crippen LogP contribution is 2.28. The van der Waals surface area contributed by atoms with E-state index in [9.17, 15) is 5.11 Å². The van der Waals surface area contributed by atoms with E-state index < -0.39 is 6.10 Å². The zero-order chi connectivity index (χ0) is 13.6. The molecule has 0 spiro atoms. The second-order valence-corrected chi connectivity index (χ2v) is 5.50. The van der Waals surface area contributed by atoms with E-state index in [0.717, 1.165) is 5.56 Å². The third kappa shape index (κ3) is 4.77. The zero-order valence-corrected chi connectivity index (χ0v) is 11.5. The van der Waals surface area contributed by atoms with E-state index in [1.807, 2.05) is 51.1 Å². The number of aliphatic hydroxyl groups excluding tert-OH is 2. The fraction of sp³-hybridized carbons (Fsp3) is 0.600. The summed E-state index contributed by atoms with van der Waals surface area (Å²) in [4.78, 5) is 0. The van der Waals surface area contributed by atoms with Crippen LogP contribution in [0.3, 0.4) is 0 Å². The molecule has 0 saturated carbocycles. The van der Waals surface area contributed by atoms with Gasteiger partial charge in [0.2, 0.25) is 0 Å². The van der Waals surface area contributed by atoms with E-state index in [1.165, 1.54) is 0 Å². The summed E-state index contributed by atoms with van der Waals surface area (Å²) >= 11 is 0. The molecule has 0 amide bonds. The van der Waals surface area contributed by atoms with Crippen molar-refractivity contribution < 1.29 is 14.9 Å². The van der Waals surface area contributed by atoms with Crippen molar-refractivity contribution in [2.24, 2.45) is 5.41 Å². The van der Waals surface area contributed by atoms with E-state index in [1.54, 1.807) is 0 Å². The zero-order valence-electron chi connectivity index (χ0n) is 11.5. The molecule has 102 valence electrons. The van der Waals surface area contributed by atoms with Crippen LogP contribution in [0.15, 0.2) is 30.3 Å². The molecule has 0 aromatic heterocycles. The predicted molar refractivity (Wildman–Crippen MR) is 72.2 cm³/mol. The van der Waals surface area contributed by atoms with Crippen molar-refractivity contribution in [1.82, 2.24) is 0 Å². The number of rotatable bonds is 7. The van der Waals surface area contributed by atoms with Crippen LogP contribution in [0.2, 0.25) is 0 Å². The highest BCUT2D eigenvalue weighted by molar-refractivity contribution is 5.13. The quantitative estimate of drug-likeness (QED) is 0.783. The maximum absolute atomic E-state index is 9.71. The fourth-order valence-electron chi connectivity index (χ4n) is 2.00. The van der Waals surface area contributed by atoms with Gasteiger partial charge in [0.15, 0.2) is 0 Å². The second kappa shape index (κ2) is 6.88. The summed E-state index contributed by atoms with van der Waals surface area (Å²) in [7, 11) is 0. The van der Waals surface area contributed by atoms with Crippen LogP contribution in [0, 0.1) is 5.41 Å². The number of ether oxygens (including phenoxy) is 1. The van der Waals surface area contributed by atoms with Crippen molar-refractivity contribution in [2.45, 2.75) is 46.0 Å². The smallest absolute Gasteiger partial charge is 0.0822 e.